The van der Waals surface area contributed by atoms with Crippen molar-refractivity contribution in [3.8, 4) is 5.75 Å². The van der Waals surface area contributed by atoms with Gasteiger partial charge in [-0.25, -0.2) is 4.39 Å². The van der Waals surface area contributed by atoms with Crippen molar-refractivity contribution in [2.45, 2.75) is 53.4 Å². The molecule has 0 radical (unpaired) electrons. The Labute approximate surface area is 166 Å². The molecule has 1 aliphatic carbocycles. The molecule has 28 heavy (non-hydrogen) atoms. The van der Waals surface area contributed by atoms with Crippen LogP contribution in [0.15, 0.2) is 35.9 Å². The zero-order chi connectivity index (χ0) is 20.7. The molecule has 3 nitrogen and oxygen atoms in total. The molecule has 0 saturated heterocycles. The first-order chi connectivity index (χ1) is 13.4. The lowest BCUT2D eigenvalue weighted by atomic mass is 10.00. The van der Waals surface area contributed by atoms with Crippen molar-refractivity contribution in [1.82, 2.24) is 0 Å². The normalized spacial score (nSPS) is 13.0. The van der Waals surface area contributed by atoms with Crippen LogP contribution in [-0.2, 0) is 16.0 Å². The lowest BCUT2D eigenvalue weighted by Gasteiger charge is -2.15. The molecule has 0 unspecified atom stereocenters. The Morgan fingerprint density at radius 1 is 1.04 bits per heavy atom. The maximum absolute atomic E-state index is 13.9. The van der Waals surface area contributed by atoms with Gasteiger partial charge in [0.15, 0.2) is 0 Å². The van der Waals surface area contributed by atoms with Crippen LogP contribution in [0.25, 0.3) is 5.57 Å². The number of benzene rings is 2. The summed E-state index contributed by atoms with van der Waals surface area (Å²) in [5.41, 5.74) is 8.19. The van der Waals surface area contributed by atoms with Gasteiger partial charge in [0, 0.05) is 0 Å². The molecule has 0 atom stereocenters. The molecule has 0 aliphatic heterocycles. The molecule has 3 rings (SSSR count). The summed E-state index contributed by atoms with van der Waals surface area (Å²) < 4.78 is 20.1. The van der Waals surface area contributed by atoms with Gasteiger partial charge < -0.3 is 4.74 Å². The summed E-state index contributed by atoms with van der Waals surface area (Å²) in [6.45, 7) is 8.87. The van der Waals surface area contributed by atoms with Crippen molar-refractivity contribution in [2.75, 3.05) is 6.61 Å². The van der Waals surface area contributed by atoms with E-state index < -0.39 is 0 Å². The Balaban J connectivity index is 0.000000878. The lowest BCUT2D eigenvalue weighted by Crippen LogP contribution is -2.04. The van der Waals surface area contributed by atoms with Crippen molar-refractivity contribution in [1.29, 1.82) is 0 Å². The van der Waals surface area contributed by atoms with Crippen LogP contribution >= 0.6 is 0 Å². The standard InChI is InChI=1S/C23H27FO.CO2/c1-5-18-11-12-23(17(4)16(18)3)25-14-20-7-6-8-21(20)19-10-9-15(2)22(24)13-19;2-1-3/h9-13H,5-8,14H2,1-4H3;. The molecule has 0 heterocycles. The van der Waals surface area contributed by atoms with Gasteiger partial charge in [-0.05, 0) is 97.6 Å². The van der Waals surface area contributed by atoms with Gasteiger partial charge >= 0.3 is 6.15 Å². The van der Waals surface area contributed by atoms with Gasteiger partial charge in [-0.3, -0.25) is 0 Å². The van der Waals surface area contributed by atoms with Crippen LogP contribution in [0, 0.1) is 26.6 Å². The van der Waals surface area contributed by atoms with E-state index in [9.17, 15) is 4.39 Å². The summed E-state index contributed by atoms with van der Waals surface area (Å²) in [4.78, 5) is 16.2. The number of aryl methyl sites for hydroxylation is 2. The summed E-state index contributed by atoms with van der Waals surface area (Å²) in [6, 6.07) is 9.82. The first-order valence-electron chi connectivity index (χ1n) is 9.61. The van der Waals surface area contributed by atoms with Crippen molar-refractivity contribution < 1.29 is 18.7 Å². The minimum atomic E-state index is -0.126. The van der Waals surface area contributed by atoms with E-state index in [0.717, 1.165) is 37.0 Å². The third-order valence-corrected chi connectivity index (χ3v) is 5.48. The van der Waals surface area contributed by atoms with E-state index in [1.807, 2.05) is 12.1 Å². The van der Waals surface area contributed by atoms with Crippen LogP contribution in [0.3, 0.4) is 0 Å². The zero-order valence-electron chi connectivity index (χ0n) is 17.0. The van der Waals surface area contributed by atoms with Gasteiger partial charge in [0.1, 0.15) is 18.2 Å². The fourth-order valence-corrected chi connectivity index (χ4v) is 3.65. The van der Waals surface area contributed by atoms with Gasteiger partial charge in [-0.2, -0.15) is 9.59 Å². The second kappa shape index (κ2) is 10.0. The lowest BCUT2D eigenvalue weighted by molar-refractivity contribution is -0.191. The smallest absolute Gasteiger partial charge is 0.373 e. The highest BCUT2D eigenvalue weighted by molar-refractivity contribution is 5.71. The molecule has 148 valence electrons. The van der Waals surface area contributed by atoms with Crippen molar-refractivity contribution in [2.24, 2.45) is 0 Å². The first kappa shape index (κ1) is 21.6. The predicted molar refractivity (Wildman–Crippen MR) is 108 cm³/mol. The molecule has 0 bridgehead atoms. The summed E-state index contributed by atoms with van der Waals surface area (Å²) in [5, 5.41) is 0. The van der Waals surface area contributed by atoms with Gasteiger partial charge in [0.05, 0.1) is 0 Å². The van der Waals surface area contributed by atoms with Gasteiger partial charge in [-0.15, -0.1) is 0 Å². The monoisotopic (exact) mass is 382 g/mol. The maximum Gasteiger partial charge on any atom is 0.373 e. The molecule has 2 aromatic rings. The maximum atomic E-state index is 13.9. The molecule has 0 saturated carbocycles. The molecule has 2 aromatic carbocycles. The van der Waals surface area contributed by atoms with Crippen LogP contribution in [0.5, 0.6) is 5.75 Å². The van der Waals surface area contributed by atoms with Crippen LogP contribution in [0.2, 0.25) is 0 Å². The Bertz CT molecular complexity index is 906. The molecule has 4 heteroatoms. The Hall–Kier alpha value is -2.71. The molecule has 0 fully saturated rings. The topological polar surface area (TPSA) is 43.4 Å². The highest BCUT2D eigenvalue weighted by Crippen LogP contribution is 2.35. The van der Waals surface area contributed by atoms with Crippen LogP contribution in [-0.4, -0.2) is 12.8 Å². The average Bonchev–Trinajstić information content (AvgIpc) is 3.14. The number of hydrogen-bond acceptors (Lipinski definition) is 3. The van der Waals surface area contributed by atoms with Gasteiger partial charge in [0.2, 0.25) is 0 Å². The molecular formula is C24H27FO3. The highest BCUT2D eigenvalue weighted by Gasteiger charge is 2.18. The molecule has 0 N–H and O–H groups in total. The molecule has 0 aromatic heterocycles. The third kappa shape index (κ3) is 4.96. The van der Waals surface area contributed by atoms with Crippen molar-refractivity contribution >= 4 is 11.7 Å². The summed E-state index contributed by atoms with van der Waals surface area (Å²) in [5.74, 6) is 0.835. The number of rotatable bonds is 5. The van der Waals surface area contributed by atoms with E-state index in [4.69, 9.17) is 14.3 Å². The van der Waals surface area contributed by atoms with Crippen molar-refractivity contribution in [3.05, 3.63) is 69.5 Å². The van der Waals surface area contributed by atoms with E-state index in [0.29, 0.717) is 12.2 Å². The second-order valence-electron chi connectivity index (χ2n) is 7.10. The van der Waals surface area contributed by atoms with E-state index >= 15 is 0 Å². The first-order valence-corrected chi connectivity index (χ1v) is 9.61. The minimum Gasteiger partial charge on any atom is -0.489 e. The predicted octanol–water partition coefficient (Wildman–Crippen LogP) is 5.75. The molecule has 0 spiro atoms. The second-order valence-corrected chi connectivity index (χ2v) is 7.10. The highest BCUT2D eigenvalue weighted by atomic mass is 19.1. The largest absolute Gasteiger partial charge is 0.489 e. The van der Waals surface area contributed by atoms with E-state index in [-0.39, 0.29) is 12.0 Å². The zero-order valence-corrected chi connectivity index (χ0v) is 17.0. The van der Waals surface area contributed by atoms with Gasteiger partial charge in [0.25, 0.3) is 0 Å². The third-order valence-electron chi connectivity index (χ3n) is 5.48. The summed E-state index contributed by atoms with van der Waals surface area (Å²) >= 11 is 0. The van der Waals surface area contributed by atoms with Crippen LogP contribution in [0.1, 0.15) is 54.0 Å². The Kier molecular flexibility index (Phi) is 7.71. The van der Waals surface area contributed by atoms with Gasteiger partial charge in [-0.1, -0.05) is 25.1 Å². The Morgan fingerprint density at radius 3 is 2.39 bits per heavy atom. The quantitative estimate of drug-likeness (QED) is 0.662. The fraction of sp³-hybridized carbons (Fsp3) is 0.375. The fourth-order valence-electron chi connectivity index (χ4n) is 3.65. The van der Waals surface area contributed by atoms with E-state index in [1.165, 1.54) is 27.8 Å². The number of allylic oxidation sites excluding steroid dienone is 1. The molecular weight excluding hydrogens is 355 g/mol. The van der Waals surface area contributed by atoms with Crippen molar-refractivity contribution in [3.63, 3.8) is 0 Å². The number of hydrogen-bond donors (Lipinski definition) is 0. The van der Waals surface area contributed by atoms with Crippen LogP contribution < -0.4 is 4.74 Å². The molecule has 0 amide bonds. The average molecular weight is 382 g/mol. The summed E-state index contributed by atoms with van der Waals surface area (Å²) in [7, 11) is 0. The number of halogens is 1. The van der Waals surface area contributed by atoms with E-state index in [1.54, 1.807) is 13.0 Å². The molecule has 1 aliphatic rings. The van der Waals surface area contributed by atoms with E-state index in [2.05, 4.69) is 32.9 Å². The number of ether oxygens (including phenoxy) is 1. The summed E-state index contributed by atoms with van der Waals surface area (Å²) in [6.07, 6.45) is 4.46. The minimum absolute atomic E-state index is 0.126. The van der Waals surface area contributed by atoms with Crippen LogP contribution in [0.4, 0.5) is 4.39 Å². The Morgan fingerprint density at radius 2 is 1.75 bits per heavy atom. The number of carbonyl (C=O) groups excluding carboxylic acids is 2. The SMILES string of the molecule is CCc1ccc(OCC2=C(c3ccc(C)c(F)c3)CCC2)c(C)c1C.O=C=O.